The molecule has 2 amide bonds. The molecule has 10 heteroatoms. The standard InChI is InChI=1S/C18H13F3N4O2S/c19-18(20,21)12-3-1-2-11(6-12)7-16(26)24-13-4-5-15(22-8-13)25-17(27)14-9-28-10-23-14/h1-6,8-10H,7H2,(H,24,26)(H,22,25,27). The smallest absolute Gasteiger partial charge is 0.324 e. The van der Waals surface area contributed by atoms with Crippen LogP contribution >= 0.6 is 11.3 Å². The molecule has 6 nitrogen and oxygen atoms in total. The summed E-state index contributed by atoms with van der Waals surface area (Å²) in [4.78, 5) is 31.8. The number of amides is 2. The van der Waals surface area contributed by atoms with Crippen LogP contribution in [-0.2, 0) is 17.4 Å². The van der Waals surface area contributed by atoms with Gasteiger partial charge < -0.3 is 10.6 Å². The summed E-state index contributed by atoms with van der Waals surface area (Å²) in [6.45, 7) is 0. The lowest BCUT2D eigenvalue weighted by Gasteiger charge is -2.09. The molecule has 0 aliphatic carbocycles. The number of alkyl halides is 3. The molecule has 0 aliphatic rings. The van der Waals surface area contributed by atoms with Crippen molar-refractivity contribution in [3.63, 3.8) is 0 Å². The summed E-state index contributed by atoms with van der Waals surface area (Å²) >= 11 is 1.29. The van der Waals surface area contributed by atoms with E-state index in [2.05, 4.69) is 20.6 Å². The number of hydrogen-bond donors (Lipinski definition) is 2. The van der Waals surface area contributed by atoms with Crippen molar-refractivity contribution in [3.8, 4) is 0 Å². The molecule has 3 rings (SSSR count). The zero-order valence-corrected chi connectivity index (χ0v) is 15.0. The van der Waals surface area contributed by atoms with Crippen LogP contribution in [0.5, 0.6) is 0 Å². The van der Waals surface area contributed by atoms with Gasteiger partial charge in [0.15, 0.2) is 0 Å². The number of carbonyl (C=O) groups is 2. The maximum Gasteiger partial charge on any atom is 0.416 e. The highest BCUT2D eigenvalue weighted by atomic mass is 32.1. The van der Waals surface area contributed by atoms with Gasteiger partial charge in [-0.2, -0.15) is 13.2 Å². The minimum atomic E-state index is -4.46. The number of nitrogens with one attached hydrogen (secondary N) is 2. The van der Waals surface area contributed by atoms with E-state index >= 15 is 0 Å². The lowest BCUT2D eigenvalue weighted by atomic mass is 10.1. The van der Waals surface area contributed by atoms with Gasteiger partial charge in [-0.1, -0.05) is 18.2 Å². The fourth-order valence-corrected chi connectivity index (χ4v) is 2.83. The minimum Gasteiger partial charge on any atom is -0.324 e. The van der Waals surface area contributed by atoms with Crippen molar-refractivity contribution in [1.82, 2.24) is 9.97 Å². The highest BCUT2D eigenvalue weighted by molar-refractivity contribution is 7.07. The van der Waals surface area contributed by atoms with E-state index < -0.39 is 23.6 Å². The summed E-state index contributed by atoms with van der Waals surface area (Å²) in [6.07, 6.45) is -3.35. The number of carbonyl (C=O) groups excluding carboxylic acids is 2. The molecule has 3 aromatic rings. The van der Waals surface area contributed by atoms with Crippen LogP contribution in [0.1, 0.15) is 21.6 Å². The fourth-order valence-electron chi connectivity index (χ4n) is 2.29. The molecular formula is C18H13F3N4O2S. The second-order valence-electron chi connectivity index (χ2n) is 5.68. The van der Waals surface area contributed by atoms with Crippen molar-refractivity contribution >= 4 is 34.7 Å². The molecule has 28 heavy (non-hydrogen) atoms. The first-order valence-corrected chi connectivity index (χ1v) is 8.87. The number of hydrogen-bond acceptors (Lipinski definition) is 5. The monoisotopic (exact) mass is 406 g/mol. The maximum atomic E-state index is 12.7. The topological polar surface area (TPSA) is 84.0 Å². The van der Waals surface area contributed by atoms with Gasteiger partial charge >= 0.3 is 6.18 Å². The molecule has 0 radical (unpaired) electrons. The van der Waals surface area contributed by atoms with Gasteiger partial charge in [-0.15, -0.1) is 11.3 Å². The number of thiazole rings is 1. The van der Waals surface area contributed by atoms with E-state index in [1.54, 1.807) is 5.38 Å². The zero-order chi connectivity index (χ0) is 20.1. The number of pyridine rings is 1. The molecule has 0 fully saturated rings. The summed E-state index contributed by atoms with van der Waals surface area (Å²) in [6, 6.07) is 7.60. The van der Waals surface area contributed by atoms with Gasteiger partial charge in [-0.05, 0) is 23.8 Å². The largest absolute Gasteiger partial charge is 0.416 e. The number of rotatable bonds is 5. The van der Waals surface area contributed by atoms with Crippen LogP contribution in [0, 0.1) is 0 Å². The molecule has 1 aromatic carbocycles. The van der Waals surface area contributed by atoms with Gasteiger partial charge in [0, 0.05) is 5.38 Å². The van der Waals surface area contributed by atoms with Crippen LogP contribution in [0.15, 0.2) is 53.5 Å². The van der Waals surface area contributed by atoms with Crippen LogP contribution in [0.3, 0.4) is 0 Å². The minimum absolute atomic E-state index is 0.216. The summed E-state index contributed by atoms with van der Waals surface area (Å²) in [5.41, 5.74) is 1.59. The quantitative estimate of drug-likeness (QED) is 0.671. The Bertz CT molecular complexity index is 973. The molecule has 0 atom stereocenters. The Balaban J connectivity index is 1.58. The zero-order valence-electron chi connectivity index (χ0n) is 14.2. The van der Waals surface area contributed by atoms with Gasteiger partial charge in [0.1, 0.15) is 11.5 Å². The first kappa shape index (κ1) is 19.5. The number of aromatic nitrogens is 2. The Morgan fingerprint density at radius 2 is 1.89 bits per heavy atom. The van der Waals surface area contributed by atoms with Gasteiger partial charge in [0.2, 0.25) is 5.91 Å². The first-order valence-electron chi connectivity index (χ1n) is 7.93. The Hall–Kier alpha value is -3.27. The van der Waals surface area contributed by atoms with E-state index in [0.29, 0.717) is 5.69 Å². The molecule has 144 valence electrons. The van der Waals surface area contributed by atoms with Crippen LogP contribution in [0.25, 0.3) is 0 Å². The van der Waals surface area contributed by atoms with E-state index in [1.807, 2.05) is 0 Å². The third-order valence-electron chi connectivity index (χ3n) is 3.57. The molecule has 0 saturated heterocycles. The summed E-state index contributed by atoms with van der Waals surface area (Å²) in [7, 11) is 0. The van der Waals surface area contributed by atoms with Crippen molar-refractivity contribution < 1.29 is 22.8 Å². The van der Waals surface area contributed by atoms with Gasteiger partial charge in [0.25, 0.3) is 5.91 Å². The molecule has 0 aliphatic heterocycles. The van der Waals surface area contributed by atoms with E-state index in [0.717, 1.165) is 12.1 Å². The predicted molar refractivity (Wildman–Crippen MR) is 98.1 cm³/mol. The van der Waals surface area contributed by atoms with Crippen molar-refractivity contribution in [2.45, 2.75) is 12.6 Å². The second kappa shape index (κ2) is 8.17. The van der Waals surface area contributed by atoms with E-state index in [1.165, 1.54) is 47.3 Å². The van der Waals surface area contributed by atoms with E-state index in [4.69, 9.17) is 0 Å². The molecule has 0 spiro atoms. The summed E-state index contributed by atoms with van der Waals surface area (Å²) < 4.78 is 38.2. The number of halogens is 3. The molecule has 2 aromatic heterocycles. The molecule has 2 N–H and O–H groups in total. The Labute approximate surface area is 161 Å². The number of benzene rings is 1. The summed E-state index contributed by atoms with van der Waals surface area (Å²) in [5, 5.41) is 6.71. The Morgan fingerprint density at radius 3 is 2.54 bits per heavy atom. The SMILES string of the molecule is O=C(Cc1cccc(C(F)(F)F)c1)Nc1ccc(NC(=O)c2cscn2)nc1. The molecule has 0 unspecified atom stereocenters. The second-order valence-corrected chi connectivity index (χ2v) is 6.40. The van der Waals surface area contributed by atoms with Gasteiger partial charge in [-0.3, -0.25) is 9.59 Å². The predicted octanol–water partition coefficient (Wildman–Crippen LogP) is 3.99. The molecular weight excluding hydrogens is 393 g/mol. The Kier molecular flexibility index (Phi) is 5.69. The lowest BCUT2D eigenvalue weighted by Crippen LogP contribution is -2.16. The van der Waals surface area contributed by atoms with Crippen LogP contribution < -0.4 is 10.6 Å². The first-order chi connectivity index (χ1) is 13.3. The molecule has 2 heterocycles. The lowest BCUT2D eigenvalue weighted by molar-refractivity contribution is -0.137. The summed E-state index contributed by atoms with van der Waals surface area (Å²) in [5.74, 6) is -0.621. The van der Waals surface area contributed by atoms with Crippen LogP contribution in [-0.4, -0.2) is 21.8 Å². The molecule has 0 bridgehead atoms. The highest BCUT2D eigenvalue weighted by Crippen LogP contribution is 2.29. The molecule has 0 saturated carbocycles. The average molecular weight is 406 g/mol. The van der Waals surface area contributed by atoms with E-state index in [9.17, 15) is 22.8 Å². The Morgan fingerprint density at radius 1 is 1.07 bits per heavy atom. The highest BCUT2D eigenvalue weighted by Gasteiger charge is 2.30. The third-order valence-corrected chi connectivity index (χ3v) is 4.16. The van der Waals surface area contributed by atoms with Crippen molar-refractivity contribution in [2.24, 2.45) is 0 Å². The average Bonchev–Trinajstić information content (AvgIpc) is 3.18. The van der Waals surface area contributed by atoms with Crippen LogP contribution in [0.2, 0.25) is 0 Å². The van der Waals surface area contributed by atoms with Gasteiger partial charge in [0.05, 0.1) is 29.4 Å². The van der Waals surface area contributed by atoms with Crippen molar-refractivity contribution in [3.05, 3.63) is 70.3 Å². The van der Waals surface area contributed by atoms with Crippen molar-refractivity contribution in [1.29, 1.82) is 0 Å². The van der Waals surface area contributed by atoms with Crippen LogP contribution in [0.4, 0.5) is 24.7 Å². The maximum absolute atomic E-state index is 12.7. The number of anilines is 2. The van der Waals surface area contributed by atoms with E-state index in [-0.39, 0.29) is 23.5 Å². The third kappa shape index (κ3) is 5.13. The normalized spacial score (nSPS) is 11.1. The van der Waals surface area contributed by atoms with Crippen molar-refractivity contribution in [2.75, 3.05) is 10.6 Å². The van der Waals surface area contributed by atoms with Gasteiger partial charge in [-0.25, -0.2) is 9.97 Å². The fraction of sp³-hybridized carbons (Fsp3) is 0.111. The number of nitrogens with zero attached hydrogens (tertiary/aromatic N) is 2.